The van der Waals surface area contributed by atoms with E-state index in [-0.39, 0.29) is 0 Å². The van der Waals surface area contributed by atoms with Gasteiger partial charge in [-0.3, -0.25) is 5.10 Å². The summed E-state index contributed by atoms with van der Waals surface area (Å²) in [4.78, 5) is 0. The molecule has 4 N–H and O–H groups in total. The van der Waals surface area contributed by atoms with Crippen molar-refractivity contribution in [2.45, 2.75) is 31.8 Å². The fraction of sp³-hybridized carbons (Fsp3) is 0.667. The third-order valence-electron chi connectivity index (χ3n) is 2.54. The van der Waals surface area contributed by atoms with Crippen LogP contribution in [0.1, 0.15) is 36.7 Å². The number of nitrogens with two attached hydrogens (primary N) is 1. The number of rotatable bonds is 2. The van der Waals surface area contributed by atoms with E-state index in [0.29, 0.717) is 12.6 Å². The summed E-state index contributed by atoms with van der Waals surface area (Å²) in [6, 6.07) is 2.49. The second-order valence-electron chi connectivity index (χ2n) is 3.52. The molecule has 1 aromatic heterocycles. The van der Waals surface area contributed by atoms with Gasteiger partial charge in [0.1, 0.15) is 0 Å². The van der Waals surface area contributed by atoms with Crippen molar-refractivity contribution in [2.24, 2.45) is 5.73 Å². The van der Waals surface area contributed by atoms with E-state index in [1.165, 1.54) is 19.3 Å². The molecule has 13 heavy (non-hydrogen) atoms. The van der Waals surface area contributed by atoms with Gasteiger partial charge in [0.25, 0.3) is 0 Å². The molecule has 1 aliphatic heterocycles. The average Bonchev–Trinajstić information content (AvgIpc) is 2.67. The molecule has 72 valence electrons. The first-order valence-corrected chi connectivity index (χ1v) is 4.88. The molecule has 0 aromatic carbocycles. The Morgan fingerprint density at radius 1 is 1.54 bits per heavy atom. The lowest BCUT2D eigenvalue weighted by Crippen LogP contribution is -2.26. The van der Waals surface area contributed by atoms with E-state index in [1.807, 2.05) is 0 Å². The maximum atomic E-state index is 5.50. The maximum absolute atomic E-state index is 5.50. The summed E-state index contributed by atoms with van der Waals surface area (Å²) in [5.41, 5.74) is 7.63. The van der Waals surface area contributed by atoms with Gasteiger partial charge in [-0.25, -0.2) is 0 Å². The summed E-state index contributed by atoms with van der Waals surface area (Å²) in [6.07, 6.45) is 3.77. The Hall–Kier alpha value is -0.870. The molecule has 2 heterocycles. The lowest BCUT2D eigenvalue weighted by Gasteiger charge is -2.21. The molecule has 1 atom stereocenters. The summed E-state index contributed by atoms with van der Waals surface area (Å²) in [5, 5.41) is 10.6. The van der Waals surface area contributed by atoms with Gasteiger partial charge in [0, 0.05) is 12.2 Å². The first-order valence-electron chi connectivity index (χ1n) is 4.88. The summed E-state index contributed by atoms with van der Waals surface area (Å²) >= 11 is 0. The lowest BCUT2D eigenvalue weighted by atomic mass is 10.0. The van der Waals surface area contributed by atoms with Crippen molar-refractivity contribution in [2.75, 3.05) is 6.54 Å². The van der Waals surface area contributed by atoms with Crippen molar-refractivity contribution in [1.82, 2.24) is 15.5 Å². The van der Waals surface area contributed by atoms with Crippen LogP contribution >= 0.6 is 0 Å². The SMILES string of the molecule is NCc1cc(C2CCCCN2)n[nH]1. The Labute approximate surface area is 77.9 Å². The van der Waals surface area contributed by atoms with Crippen LogP contribution in [0.3, 0.4) is 0 Å². The van der Waals surface area contributed by atoms with E-state index in [9.17, 15) is 0 Å². The molecular formula is C9H16N4. The summed E-state index contributed by atoms with van der Waals surface area (Å²) in [5.74, 6) is 0. The number of nitrogens with zero attached hydrogens (tertiary/aromatic N) is 1. The van der Waals surface area contributed by atoms with Gasteiger partial charge in [0.05, 0.1) is 11.7 Å². The van der Waals surface area contributed by atoms with Gasteiger partial charge >= 0.3 is 0 Å². The van der Waals surface area contributed by atoms with Crippen molar-refractivity contribution in [3.8, 4) is 0 Å². The molecule has 1 fully saturated rings. The van der Waals surface area contributed by atoms with Crippen LogP contribution in [0.2, 0.25) is 0 Å². The molecule has 1 aliphatic rings. The van der Waals surface area contributed by atoms with E-state index in [0.717, 1.165) is 17.9 Å². The summed E-state index contributed by atoms with van der Waals surface area (Å²) in [7, 11) is 0. The molecular weight excluding hydrogens is 164 g/mol. The highest BCUT2D eigenvalue weighted by Gasteiger charge is 2.16. The van der Waals surface area contributed by atoms with Gasteiger partial charge in [-0.15, -0.1) is 0 Å². The third kappa shape index (κ3) is 1.89. The highest BCUT2D eigenvalue weighted by Crippen LogP contribution is 2.21. The van der Waals surface area contributed by atoms with Crippen LogP contribution in [-0.4, -0.2) is 16.7 Å². The normalized spacial score (nSPS) is 23.3. The largest absolute Gasteiger partial charge is 0.325 e. The molecule has 0 amide bonds. The number of H-pyrrole nitrogens is 1. The zero-order chi connectivity index (χ0) is 9.10. The summed E-state index contributed by atoms with van der Waals surface area (Å²) < 4.78 is 0. The predicted octanol–water partition coefficient (Wildman–Crippen LogP) is 0.683. The molecule has 0 bridgehead atoms. The smallest absolute Gasteiger partial charge is 0.0794 e. The van der Waals surface area contributed by atoms with Crippen LogP contribution in [0.5, 0.6) is 0 Å². The standard InChI is InChI=1S/C9H16N4/c10-6-7-5-9(13-12-7)8-3-1-2-4-11-8/h5,8,11H,1-4,6,10H2,(H,12,13). The number of piperidine rings is 1. The zero-order valence-corrected chi connectivity index (χ0v) is 7.71. The first-order chi connectivity index (χ1) is 6.40. The average molecular weight is 180 g/mol. The molecule has 2 rings (SSSR count). The quantitative estimate of drug-likeness (QED) is 0.627. The Morgan fingerprint density at radius 2 is 2.46 bits per heavy atom. The van der Waals surface area contributed by atoms with E-state index in [1.54, 1.807) is 0 Å². The van der Waals surface area contributed by atoms with Crippen LogP contribution in [0.15, 0.2) is 6.07 Å². The van der Waals surface area contributed by atoms with Crippen molar-refractivity contribution in [1.29, 1.82) is 0 Å². The number of aromatic amines is 1. The third-order valence-corrected chi connectivity index (χ3v) is 2.54. The van der Waals surface area contributed by atoms with Gasteiger partial charge in [-0.2, -0.15) is 5.10 Å². The molecule has 0 radical (unpaired) electrons. The van der Waals surface area contributed by atoms with Gasteiger partial charge in [0.15, 0.2) is 0 Å². The molecule has 0 aliphatic carbocycles. The number of hydrogen-bond donors (Lipinski definition) is 3. The Balaban J connectivity index is 2.05. The van der Waals surface area contributed by atoms with Gasteiger partial charge in [0.2, 0.25) is 0 Å². The minimum atomic E-state index is 0.435. The highest BCUT2D eigenvalue weighted by atomic mass is 15.1. The Bertz CT molecular complexity index is 262. The van der Waals surface area contributed by atoms with Crippen LogP contribution in [0.4, 0.5) is 0 Å². The summed E-state index contributed by atoms with van der Waals surface area (Å²) in [6.45, 7) is 1.65. The fourth-order valence-corrected chi connectivity index (χ4v) is 1.77. The van der Waals surface area contributed by atoms with Crippen LogP contribution in [-0.2, 0) is 6.54 Å². The molecule has 1 unspecified atom stereocenters. The van der Waals surface area contributed by atoms with E-state index in [2.05, 4.69) is 21.6 Å². The number of nitrogens with one attached hydrogen (secondary N) is 2. The maximum Gasteiger partial charge on any atom is 0.0794 e. The van der Waals surface area contributed by atoms with Crippen LogP contribution < -0.4 is 11.1 Å². The van der Waals surface area contributed by atoms with Gasteiger partial charge in [-0.1, -0.05) is 6.42 Å². The number of hydrogen-bond acceptors (Lipinski definition) is 3. The van der Waals surface area contributed by atoms with Crippen LogP contribution in [0, 0.1) is 0 Å². The second kappa shape index (κ2) is 3.89. The molecule has 0 spiro atoms. The van der Waals surface area contributed by atoms with E-state index >= 15 is 0 Å². The van der Waals surface area contributed by atoms with E-state index in [4.69, 9.17) is 5.73 Å². The molecule has 1 saturated heterocycles. The van der Waals surface area contributed by atoms with Gasteiger partial charge < -0.3 is 11.1 Å². The topological polar surface area (TPSA) is 66.7 Å². The van der Waals surface area contributed by atoms with Crippen molar-refractivity contribution in [3.05, 3.63) is 17.5 Å². The second-order valence-corrected chi connectivity index (χ2v) is 3.52. The van der Waals surface area contributed by atoms with E-state index < -0.39 is 0 Å². The molecule has 4 nitrogen and oxygen atoms in total. The van der Waals surface area contributed by atoms with Crippen molar-refractivity contribution in [3.63, 3.8) is 0 Å². The highest BCUT2D eigenvalue weighted by molar-refractivity contribution is 5.12. The minimum Gasteiger partial charge on any atom is -0.325 e. The first kappa shape index (κ1) is 8.72. The minimum absolute atomic E-state index is 0.435. The molecule has 1 aromatic rings. The predicted molar refractivity (Wildman–Crippen MR) is 51.1 cm³/mol. The monoisotopic (exact) mass is 180 g/mol. The fourth-order valence-electron chi connectivity index (χ4n) is 1.77. The molecule has 0 saturated carbocycles. The Morgan fingerprint density at radius 3 is 3.08 bits per heavy atom. The van der Waals surface area contributed by atoms with Gasteiger partial charge in [-0.05, 0) is 25.5 Å². The molecule has 4 heteroatoms. The number of aromatic nitrogens is 2. The van der Waals surface area contributed by atoms with Crippen molar-refractivity contribution < 1.29 is 0 Å². The van der Waals surface area contributed by atoms with Crippen LogP contribution in [0.25, 0.3) is 0 Å². The Kier molecular flexibility index (Phi) is 2.61. The lowest BCUT2D eigenvalue weighted by molar-refractivity contribution is 0.405. The zero-order valence-electron chi connectivity index (χ0n) is 7.71. The van der Waals surface area contributed by atoms with Crippen molar-refractivity contribution >= 4 is 0 Å².